The number of carbonyl (C=O) groups excluding carboxylic acids is 2. The lowest BCUT2D eigenvalue weighted by Gasteiger charge is -2.12. The summed E-state index contributed by atoms with van der Waals surface area (Å²) in [4.78, 5) is 36.7. The summed E-state index contributed by atoms with van der Waals surface area (Å²) in [5.74, 6) is -0.972. The van der Waals surface area contributed by atoms with Crippen LogP contribution in [0.4, 0.5) is 10.7 Å². The third-order valence-electron chi connectivity index (χ3n) is 4.28. The first-order valence-electron chi connectivity index (χ1n) is 8.49. The maximum atomic E-state index is 12.7. The number of thiophene rings is 1. The van der Waals surface area contributed by atoms with E-state index in [-0.39, 0.29) is 17.9 Å². The van der Waals surface area contributed by atoms with Crippen LogP contribution in [0.15, 0.2) is 22.7 Å². The zero-order valence-electron chi connectivity index (χ0n) is 14.5. The highest BCUT2D eigenvalue weighted by molar-refractivity contribution is 9.10. The van der Waals surface area contributed by atoms with E-state index in [1.807, 2.05) is 0 Å². The van der Waals surface area contributed by atoms with E-state index >= 15 is 0 Å². The fourth-order valence-electron chi connectivity index (χ4n) is 3.04. The van der Waals surface area contributed by atoms with E-state index in [1.165, 1.54) is 29.5 Å². The minimum absolute atomic E-state index is 0.130. The van der Waals surface area contributed by atoms with E-state index in [1.54, 1.807) is 6.92 Å². The smallest absolute Gasteiger partial charge is 0.341 e. The third-order valence-corrected chi connectivity index (χ3v) is 6.18. The molecular weight excluding hydrogens is 436 g/mol. The highest BCUT2D eigenvalue weighted by Gasteiger charge is 2.28. The Bertz CT molecular complexity index is 925. The number of nitrogens with zero attached hydrogens (tertiary/aromatic N) is 1. The van der Waals surface area contributed by atoms with E-state index < -0.39 is 16.8 Å². The number of esters is 1. The maximum Gasteiger partial charge on any atom is 0.341 e. The molecule has 142 valence electrons. The van der Waals surface area contributed by atoms with Crippen LogP contribution in [-0.4, -0.2) is 23.4 Å². The Morgan fingerprint density at radius 2 is 2.07 bits per heavy atom. The number of nitrogens with one attached hydrogen (secondary N) is 1. The summed E-state index contributed by atoms with van der Waals surface area (Å²) in [5, 5.41) is 14.2. The number of benzene rings is 1. The first-order valence-corrected chi connectivity index (χ1v) is 10.1. The summed E-state index contributed by atoms with van der Waals surface area (Å²) in [7, 11) is 0. The minimum atomic E-state index is -0.558. The number of halogens is 1. The van der Waals surface area contributed by atoms with Crippen LogP contribution >= 0.6 is 27.3 Å². The molecule has 0 atom stereocenters. The number of amides is 1. The number of nitro groups is 1. The van der Waals surface area contributed by atoms with Crippen LogP contribution in [0, 0.1) is 10.1 Å². The van der Waals surface area contributed by atoms with Crippen molar-refractivity contribution in [2.24, 2.45) is 0 Å². The van der Waals surface area contributed by atoms with Gasteiger partial charge in [0, 0.05) is 21.5 Å². The van der Waals surface area contributed by atoms with Gasteiger partial charge in [0.1, 0.15) is 5.00 Å². The first-order chi connectivity index (χ1) is 12.9. The van der Waals surface area contributed by atoms with Gasteiger partial charge in [-0.05, 0) is 60.2 Å². The van der Waals surface area contributed by atoms with Crippen LogP contribution in [0.2, 0.25) is 0 Å². The Labute approximate surface area is 168 Å². The monoisotopic (exact) mass is 452 g/mol. The molecule has 9 heteroatoms. The zero-order chi connectivity index (χ0) is 19.6. The number of fused-ring (bicyclic) bond motifs is 1. The lowest BCUT2D eigenvalue weighted by molar-refractivity contribution is -0.384. The second-order valence-electron chi connectivity index (χ2n) is 6.01. The van der Waals surface area contributed by atoms with Gasteiger partial charge in [0.15, 0.2) is 0 Å². The van der Waals surface area contributed by atoms with Crippen molar-refractivity contribution >= 4 is 49.8 Å². The number of carbonyl (C=O) groups is 2. The molecule has 0 saturated carbocycles. The standard InChI is InChI=1S/C18H17BrN2O5S/c1-2-26-18(23)15-11-5-3-4-6-14(11)27-17(15)20-16(22)12-9-10(21(24)25)7-8-13(12)19/h7-9H,2-6H2,1H3,(H,20,22). The molecule has 0 unspecified atom stereocenters. The molecule has 0 saturated heterocycles. The number of hydrogen-bond acceptors (Lipinski definition) is 6. The highest BCUT2D eigenvalue weighted by atomic mass is 79.9. The van der Waals surface area contributed by atoms with Crippen molar-refractivity contribution in [3.8, 4) is 0 Å². The molecule has 1 aromatic heterocycles. The topological polar surface area (TPSA) is 98.5 Å². The third kappa shape index (κ3) is 4.03. The molecule has 0 radical (unpaired) electrons. The van der Waals surface area contributed by atoms with E-state index in [0.717, 1.165) is 36.1 Å². The predicted molar refractivity (Wildman–Crippen MR) is 106 cm³/mol. The average Bonchev–Trinajstić information content (AvgIpc) is 2.99. The van der Waals surface area contributed by atoms with E-state index in [4.69, 9.17) is 4.74 Å². The fraction of sp³-hybridized carbons (Fsp3) is 0.333. The summed E-state index contributed by atoms with van der Waals surface area (Å²) in [5.41, 5.74) is 1.30. The van der Waals surface area contributed by atoms with Crippen molar-refractivity contribution in [1.29, 1.82) is 0 Å². The summed E-state index contributed by atoms with van der Waals surface area (Å²) in [6.07, 6.45) is 3.67. The summed E-state index contributed by atoms with van der Waals surface area (Å²) in [6.45, 7) is 1.97. The number of ether oxygens (including phenoxy) is 1. The van der Waals surface area contributed by atoms with E-state index in [9.17, 15) is 19.7 Å². The Morgan fingerprint density at radius 1 is 1.33 bits per heavy atom. The van der Waals surface area contributed by atoms with Crippen LogP contribution in [-0.2, 0) is 17.6 Å². The number of rotatable bonds is 5. The molecule has 0 spiro atoms. The van der Waals surface area contributed by atoms with Gasteiger partial charge in [0.2, 0.25) is 0 Å². The van der Waals surface area contributed by atoms with Gasteiger partial charge in [-0.15, -0.1) is 11.3 Å². The highest BCUT2D eigenvalue weighted by Crippen LogP contribution is 2.39. The second-order valence-corrected chi connectivity index (χ2v) is 7.97. The SMILES string of the molecule is CCOC(=O)c1c(NC(=O)c2cc([N+](=O)[O-])ccc2Br)sc2c1CCCC2. The van der Waals surface area contributed by atoms with Crippen LogP contribution < -0.4 is 5.32 Å². The Hall–Kier alpha value is -2.26. The number of nitro benzene ring substituents is 1. The van der Waals surface area contributed by atoms with E-state index in [0.29, 0.717) is 15.0 Å². The fourth-order valence-corrected chi connectivity index (χ4v) is 4.74. The number of non-ortho nitro benzene ring substituents is 1. The molecular formula is C18H17BrN2O5S. The average molecular weight is 453 g/mol. The van der Waals surface area contributed by atoms with Crippen molar-refractivity contribution in [3.63, 3.8) is 0 Å². The summed E-state index contributed by atoms with van der Waals surface area (Å²) < 4.78 is 5.61. The van der Waals surface area contributed by atoms with Gasteiger partial charge in [-0.1, -0.05) is 0 Å². The molecule has 1 aliphatic rings. The molecule has 0 fully saturated rings. The Kier molecular flexibility index (Phi) is 5.91. The molecule has 0 bridgehead atoms. The van der Waals surface area contributed by atoms with Crippen molar-refractivity contribution in [2.45, 2.75) is 32.6 Å². The van der Waals surface area contributed by atoms with Crippen LogP contribution in [0.3, 0.4) is 0 Å². The van der Waals surface area contributed by atoms with Crippen LogP contribution in [0.5, 0.6) is 0 Å². The second kappa shape index (κ2) is 8.18. The van der Waals surface area contributed by atoms with Crippen LogP contribution in [0.25, 0.3) is 0 Å². The lowest BCUT2D eigenvalue weighted by Crippen LogP contribution is -2.16. The zero-order valence-corrected chi connectivity index (χ0v) is 16.9. The van der Waals surface area contributed by atoms with Gasteiger partial charge in [-0.3, -0.25) is 14.9 Å². The molecule has 1 heterocycles. The number of aryl methyl sites for hydroxylation is 1. The molecule has 1 amide bonds. The molecule has 1 N–H and O–H groups in total. The molecule has 1 aromatic carbocycles. The summed E-state index contributed by atoms with van der Waals surface area (Å²) in [6, 6.07) is 3.98. The minimum Gasteiger partial charge on any atom is -0.462 e. The molecule has 7 nitrogen and oxygen atoms in total. The molecule has 3 rings (SSSR count). The Balaban J connectivity index is 1.97. The number of anilines is 1. The van der Waals surface area contributed by atoms with Gasteiger partial charge in [0.25, 0.3) is 11.6 Å². The normalized spacial score (nSPS) is 13.0. The van der Waals surface area contributed by atoms with E-state index in [2.05, 4.69) is 21.2 Å². The van der Waals surface area contributed by atoms with Crippen molar-refractivity contribution in [2.75, 3.05) is 11.9 Å². The maximum absolute atomic E-state index is 12.7. The van der Waals surface area contributed by atoms with Gasteiger partial charge in [0.05, 0.1) is 22.7 Å². The van der Waals surface area contributed by atoms with Gasteiger partial charge in [-0.2, -0.15) is 0 Å². The van der Waals surface area contributed by atoms with Crippen LogP contribution in [0.1, 0.15) is 50.9 Å². The van der Waals surface area contributed by atoms with Crippen molar-refractivity contribution in [1.82, 2.24) is 0 Å². The predicted octanol–water partition coefficient (Wildman–Crippen LogP) is 4.73. The lowest BCUT2D eigenvalue weighted by atomic mass is 9.95. The largest absolute Gasteiger partial charge is 0.462 e. The Morgan fingerprint density at radius 3 is 2.78 bits per heavy atom. The van der Waals surface area contributed by atoms with Gasteiger partial charge < -0.3 is 10.1 Å². The molecule has 0 aliphatic heterocycles. The molecule has 1 aliphatic carbocycles. The molecule has 27 heavy (non-hydrogen) atoms. The van der Waals surface area contributed by atoms with Gasteiger partial charge in [-0.25, -0.2) is 4.79 Å². The number of hydrogen-bond donors (Lipinski definition) is 1. The summed E-state index contributed by atoms with van der Waals surface area (Å²) >= 11 is 4.62. The molecule has 2 aromatic rings. The van der Waals surface area contributed by atoms with Gasteiger partial charge >= 0.3 is 5.97 Å². The van der Waals surface area contributed by atoms with Crippen molar-refractivity contribution in [3.05, 3.63) is 54.4 Å². The first kappa shape index (κ1) is 19.5. The van der Waals surface area contributed by atoms with Crippen molar-refractivity contribution < 1.29 is 19.2 Å². The quantitative estimate of drug-likeness (QED) is 0.401.